The predicted octanol–water partition coefficient (Wildman–Crippen LogP) is 4.13. The molecule has 0 aromatic heterocycles. The lowest BCUT2D eigenvalue weighted by Gasteiger charge is -2.15. The van der Waals surface area contributed by atoms with Crippen LogP contribution in [0.25, 0.3) is 0 Å². The number of halogens is 1. The van der Waals surface area contributed by atoms with Gasteiger partial charge < -0.3 is 19.5 Å². The number of nitrogens with zero attached hydrogens (tertiary/aromatic N) is 1. The molecule has 0 aliphatic carbocycles. The van der Waals surface area contributed by atoms with E-state index < -0.39 is 4.92 Å². The van der Waals surface area contributed by atoms with Crippen molar-refractivity contribution < 1.29 is 19.1 Å². The molecule has 2 rings (SSSR count). The lowest BCUT2D eigenvalue weighted by molar-refractivity contribution is -0.384. The summed E-state index contributed by atoms with van der Waals surface area (Å²) < 4.78 is 16.4. The summed E-state index contributed by atoms with van der Waals surface area (Å²) in [6.45, 7) is 0. The molecule has 2 aromatic carbocycles. The Labute approximate surface area is 141 Å². The smallest absolute Gasteiger partial charge is 0.293 e. The summed E-state index contributed by atoms with van der Waals surface area (Å²) in [6.07, 6.45) is 0. The highest BCUT2D eigenvalue weighted by molar-refractivity contribution is 9.10. The molecular formula is C15H15BrN2O5. The molecule has 7 nitrogen and oxygen atoms in total. The van der Waals surface area contributed by atoms with Gasteiger partial charge in [-0.3, -0.25) is 10.1 Å². The molecule has 0 unspecified atom stereocenters. The van der Waals surface area contributed by atoms with Crippen LogP contribution in [-0.4, -0.2) is 26.3 Å². The van der Waals surface area contributed by atoms with Gasteiger partial charge in [0.1, 0.15) is 5.69 Å². The summed E-state index contributed by atoms with van der Waals surface area (Å²) in [6, 6.07) is 8.11. The number of ether oxygens (including phenoxy) is 3. The lowest BCUT2D eigenvalue weighted by Crippen LogP contribution is -2.00. The Bertz CT molecular complexity index is 711. The zero-order valence-electron chi connectivity index (χ0n) is 12.8. The van der Waals surface area contributed by atoms with Crippen LogP contribution in [0.5, 0.6) is 17.2 Å². The second kappa shape index (κ2) is 7.19. The highest BCUT2D eigenvalue weighted by Gasteiger charge is 2.17. The maximum atomic E-state index is 11.2. The minimum Gasteiger partial charge on any atom is -0.493 e. The minimum atomic E-state index is -0.453. The molecule has 8 heteroatoms. The fraction of sp³-hybridized carbons (Fsp3) is 0.200. The topological polar surface area (TPSA) is 82.9 Å². The first-order chi connectivity index (χ1) is 11.0. The van der Waals surface area contributed by atoms with Gasteiger partial charge in [0.15, 0.2) is 11.5 Å². The van der Waals surface area contributed by atoms with E-state index in [0.29, 0.717) is 33.1 Å². The summed E-state index contributed by atoms with van der Waals surface area (Å²) in [5, 5.41) is 14.2. The second-order valence-corrected chi connectivity index (χ2v) is 5.37. The Kier molecular flexibility index (Phi) is 5.28. The second-order valence-electron chi connectivity index (χ2n) is 4.46. The van der Waals surface area contributed by atoms with Crippen molar-refractivity contribution in [2.45, 2.75) is 0 Å². The Hall–Kier alpha value is -2.48. The van der Waals surface area contributed by atoms with E-state index in [1.807, 2.05) is 0 Å². The summed E-state index contributed by atoms with van der Waals surface area (Å²) in [5.74, 6) is 1.36. The number of hydrogen-bond acceptors (Lipinski definition) is 6. The fourth-order valence-corrected chi connectivity index (χ4v) is 2.42. The molecule has 0 fully saturated rings. The Morgan fingerprint density at radius 3 is 2.13 bits per heavy atom. The molecule has 0 spiro atoms. The van der Waals surface area contributed by atoms with Gasteiger partial charge in [0, 0.05) is 28.4 Å². The first-order valence-electron chi connectivity index (χ1n) is 6.51. The van der Waals surface area contributed by atoms with Crippen molar-refractivity contribution in [3.05, 3.63) is 44.9 Å². The molecule has 0 aliphatic heterocycles. The van der Waals surface area contributed by atoms with Crippen molar-refractivity contribution in [1.82, 2.24) is 0 Å². The van der Waals surface area contributed by atoms with E-state index in [-0.39, 0.29) is 5.69 Å². The third kappa shape index (κ3) is 3.65. The first-order valence-corrected chi connectivity index (χ1v) is 7.30. The standard InChI is InChI=1S/C15H15BrN2O5/c1-21-13-7-10(8-14(22-2)15(13)23-3)17-11-5-4-9(16)6-12(11)18(19)20/h4-8,17H,1-3H3. The van der Waals surface area contributed by atoms with Crippen molar-refractivity contribution in [2.75, 3.05) is 26.6 Å². The zero-order valence-corrected chi connectivity index (χ0v) is 14.3. The average molecular weight is 383 g/mol. The van der Waals surface area contributed by atoms with Crippen LogP contribution in [0, 0.1) is 10.1 Å². The number of benzene rings is 2. The predicted molar refractivity (Wildman–Crippen MR) is 90.2 cm³/mol. The normalized spacial score (nSPS) is 10.1. The van der Waals surface area contributed by atoms with Gasteiger partial charge in [0.2, 0.25) is 5.75 Å². The summed E-state index contributed by atoms with van der Waals surface area (Å²) in [5.41, 5.74) is 0.880. The Morgan fingerprint density at radius 1 is 1.04 bits per heavy atom. The number of anilines is 2. The SMILES string of the molecule is COc1cc(Nc2ccc(Br)cc2[N+](=O)[O-])cc(OC)c1OC. The molecule has 2 aromatic rings. The number of nitro benzene ring substituents is 1. The van der Waals surface area contributed by atoms with Gasteiger partial charge in [0.25, 0.3) is 5.69 Å². The van der Waals surface area contributed by atoms with Crippen molar-refractivity contribution >= 4 is 33.0 Å². The van der Waals surface area contributed by atoms with Gasteiger partial charge in [-0.05, 0) is 12.1 Å². The Balaban J connectivity index is 2.47. The maximum Gasteiger partial charge on any atom is 0.293 e. The van der Waals surface area contributed by atoms with Crippen LogP contribution in [0.2, 0.25) is 0 Å². The largest absolute Gasteiger partial charge is 0.493 e. The van der Waals surface area contributed by atoms with E-state index in [1.54, 1.807) is 24.3 Å². The Morgan fingerprint density at radius 2 is 1.65 bits per heavy atom. The van der Waals surface area contributed by atoms with E-state index in [2.05, 4.69) is 21.2 Å². The fourth-order valence-electron chi connectivity index (χ4n) is 2.07. The van der Waals surface area contributed by atoms with Gasteiger partial charge in [0.05, 0.1) is 26.3 Å². The van der Waals surface area contributed by atoms with Crippen LogP contribution in [-0.2, 0) is 0 Å². The molecule has 0 bridgehead atoms. The van der Waals surface area contributed by atoms with E-state index >= 15 is 0 Å². The zero-order chi connectivity index (χ0) is 17.0. The van der Waals surface area contributed by atoms with Crippen molar-refractivity contribution in [3.63, 3.8) is 0 Å². The van der Waals surface area contributed by atoms with E-state index in [1.165, 1.54) is 27.4 Å². The third-order valence-electron chi connectivity index (χ3n) is 3.10. The number of nitro groups is 1. The van der Waals surface area contributed by atoms with Crippen LogP contribution in [0.3, 0.4) is 0 Å². The third-order valence-corrected chi connectivity index (χ3v) is 3.59. The van der Waals surface area contributed by atoms with Crippen LogP contribution in [0.1, 0.15) is 0 Å². The van der Waals surface area contributed by atoms with Crippen LogP contribution >= 0.6 is 15.9 Å². The van der Waals surface area contributed by atoms with Crippen molar-refractivity contribution in [2.24, 2.45) is 0 Å². The number of rotatable bonds is 6. The molecular weight excluding hydrogens is 368 g/mol. The highest BCUT2D eigenvalue weighted by Crippen LogP contribution is 2.41. The van der Waals surface area contributed by atoms with Gasteiger partial charge in [-0.1, -0.05) is 15.9 Å². The quantitative estimate of drug-likeness (QED) is 0.597. The van der Waals surface area contributed by atoms with Crippen LogP contribution < -0.4 is 19.5 Å². The van der Waals surface area contributed by atoms with Crippen molar-refractivity contribution in [1.29, 1.82) is 0 Å². The van der Waals surface area contributed by atoms with Gasteiger partial charge in [-0.2, -0.15) is 0 Å². The molecule has 0 radical (unpaired) electrons. The molecule has 0 aliphatic rings. The molecule has 0 saturated carbocycles. The summed E-state index contributed by atoms with van der Waals surface area (Å²) in [7, 11) is 4.51. The average Bonchev–Trinajstić information content (AvgIpc) is 2.55. The van der Waals surface area contributed by atoms with Gasteiger partial charge in [-0.15, -0.1) is 0 Å². The van der Waals surface area contributed by atoms with Gasteiger partial charge in [-0.25, -0.2) is 0 Å². The molecule has 0 atom stereocenters. The first kappa shape index (κ1) is 16.9. The number of nitrogens with one attached hydrogen (secondary N) is 1. The maximum absolute atomic E-state index is 11.2. The lowest BCUT2D eigenvalue weighted by atomic mass is 10.2. The number of hydrogen-bond donors (Lipinski definition) is 1. The summed E-state index contributed by atoms with van der Waals surface area (Å²) in [4.78, 5) is 10.7. The molecule has 122 valence electrons. The van der Waals surface area contributed by atoms with E-state index in [4.69, 9.17) is 14.2 Å². The van der Waals surface area contributed by atoms with E-state index in [0.717, 1.165) is 0 Å². The van der Waals surface area contributed by atoms with E-state index in [9.17, 15) is 10.1 Å². The molecule has 0 saturated heterocycles. The molecule has 1 N–H and O–H groups in total. The molecule has 23 heavy (non-hydrogen) atoms. The van der Waals surface area contributed by atoms with Gasteiger partial charge >= 0.3 is 0 Å². The number of methoxy groups -OCH3 is 3. The molecule has 0 heterocycles. The van der Waals surface area contributed by atoms with Crippen LogP contribution in [0.4, 0.5) is 17.1 Å². The highest BCUT2D eigenvalue weighted by atomic mass is 79.9. The van der Waals surface area contributed by atoms with Crippen LogP contribution in [0.15, 0.2) is 34.8 Å². The van der Waals surface area contributed by atoms with Crippen molar-refractivity contribution in [3.8, 4) is 17.2 Å². The molecule has 0 amide bonds. The summed E-state index contributed by atoms with van der Waals surface area (Å²) >= 11 is 3.23. The minimum absolute atomic E-state index is 0.0480. The monoisotopic (exact) mass is 382 g/mol.